The molecule has 2 N–H and O–H groups in total. The Morgan fingerprint density at radius 2 is 1.68 bits per heavy atom. The average molecular weight is 266 g/mol. The summed E-state index contributed by atoms with van der Waals surface area (Å²) in [7, 11) is 0. The fraction of sp³-hybridized carbons (Fsp3) is 0.250. The number of ether oxygens (including phenoxy) is 1. The number of nitrogens with two attached hydrogens (primary N) is 1. The standard InChI is InChI=1S/C12H12F2N4O/c1-6(2)19-12-17-10(16-11(15)18-12)7-3-8(13)5-9(14)4-7/h3-6H,1-2H3,(H2,15,16,17,18). The quantitative estimate of drug-likeness (QED) is 0.921. The van der Waals surface area contributed by atoms with Gasteiger partial charge >= 0.3 is 6.01 Å². The van der Waals surface area contributed by atoms with Crippen LogP contribution in [0.5, 0.6) is 6.01 Å². The van der Waals surface area contributed by atoms with E-state index in [1.54, 1.807) is 13.8 Å². The van der Waals surface area contributed by atoms with Crippen molar-refractivity contribution in [1.82, 2.24) is 15.0 Å². The lowest BCUT2D eigenvalue weighted by molar-refractivity contribution is 0.222. The zero-order chi connectivity index (χ0) is 14.0. The molecular weight excluding hydrogens is 254 g/mol. The van der Waals surface area contributed by atoms with Crippen LogP contribution in [0.3, 0.4) is 0 Å². The van der Waals surface area contributed by atoms with E-state index < -0.39 is 11.6 Å². The highest BCUT2D eigenvalue weighted by molar-refractivity contribution is 5.56. The number of aromatic nitrogens is 3. The monoisotopic (exact) mass is 266 g/mol. The lowest BCUT2D eigenvalue weighted by Gasteiger charge is -2.09. The molecule has 1 aromatic heterocycles. The first-order valence-corrected chi connectivity index (χ1v) is 5.58. The lowest BCUT2D eigenvalue weighted by Crippen LogP contribution is -2.11. The zero-order valence-electron chi connectivity index (χ0n) is 10.4. The van der Waals surface area contributed by atoms with E-state index in [2.05, 4.69) is 15.0 Å². The van der Waals surface area contributed by atoms with Gasteiger partial charge in [-0.2, -0.15) is 15.0 Å². The Morgan fingerprint density at radius 1 is 1.05 bits per heavy atom. The minimum atomic E-state index is -0.722. The van der Waals surface area contributed by atoms with Crippen LogP contribution in [0, 0.1) is 11.6 Å². The van der Waals surface area contributed by atoms with Crippen molar-refractivity contribution >= 4 is 5.95 Å². The molecule has 7 heteroatoms. The fourth-order valence-electron chi connectivity index (χ4n) is 1.45. The molecule has 1 aromatic carbocycles. The topological polar surface area (TPSA) is 73.9 Å². The van der Waals surface area contributed by atoms with Crippen molar-refractivity contribution in [2.45, 2.75) is 20.0 Å². The summed E-state index contributed by atoms with van der Waals surface area (Å²) in [4.78, 5) is 11.6. The third-order valence-electron chi connectivity index (χ3n) is 2.09. The predicted octanol–water partition coefficient (Wildman–Crippen LogP) is 2.19. The van der Waals surface area contributed by atoms with Crippen LogP contribution >= 0.6 is 0 Å². The van der Waals surface area contributed by atoms with Crippen LogP contribution < -0.4 is 10.5 Å². The van der Waals surface area contributed by atoms with E-state index in [1.807, 2.05) is 0 Å². The van der Waals surface area contributed by atoms with E-state index in [-0.39, 0.29) is 29.5 Å². The molecule has 0 radical (unpaired) electrons. The number of hydrogen-bond acceptors (Lipinski definition) is 5. The van der Waals surface area contributed by atoms with Gasteiger partial charge in [0.05, 0.1) is 6.10 Å². The molecule has 0 aliphatic rings. The summed E-state index contributed by atoms with van der Waals surface area (Å²) in [5, 5.41) is 0. The molecule has 2 aromatic rings. The van der Waals surface area contributed by atoms with E-state index in [9.17, 15) is 8.78 Å². The van der Waals surface area contributed by atoms with Crippen molar-refractivity contribution < 1.29 is 13.5 Å². The highest BCUT2D eigenvalue weighted by atomic mass is 19.1. The first kappa shape index (κ1) is 13.1. The van der Waals surface area contributed by atoms with E-state index in [0.717, 1.165) is 18.2 Å². The molecule has 0 amide bonds. The van der Waals surface area contributed by atoms with Crippen LogP contribution in [-0.4, -0.2) is 21.1 Å². The van der Waals surface area contributed by atoms with Gasteiger partial charge in [-0.15, -0.1) is 0 Å². The average Bonchev–Trinajstić information content (AvgIpc) is 2.25. The van der Waals surface area contributed by atoms with E-state index in [1.165, 1.54) is 0 Å². The van der Waals surface area contributed by atoms with Crippen LogP contribution in [-0.2, 0) is 0 Å². The molecule has 5 nitrogen and oxygen atoms in total. The summed E-state index contributed by atoms with van der Waals surface area (Å²) < 4.78 is 31.6. The molecule has 2 rings (SSSR count). The molecule has 0 fully saturated rings. The van der Waals surface area contributed by atoms with Crippen molar-refractivity contribution in [3.8, 4) is 17.4 Å². The number of benzene rings is 1. The van der Waals surface area contributed by atoms with Crippen molar-refractivity contribution in [3.05, 3.63) is 29.8 Å². The predicted molar refractivity (Wildman–Crippen MR) is 65.4 cm³/mol. The van der Waals surface area contributed by atoms with Gasteiger partial charge in [0, 0.05) is 11.6 Å². The number of nitrogens with zero attached hydrogens (tertiary/aromatic N) is 3. The van der Waals surface area contributed by atoms with Gasteiger partial charge in [0.25, 0.3) is 0 Å². The van der Waals surface area contributed by atoms with Crippen LogP contribution in [0.4, 0.5) is 14.7 Å². The summed E-state index contributed by atoms with van der Waals surface area (Å²) in [6.45, 7) is 3.59. The molecule has 0 spiro atoms. The largest absolute Gasteiger partial charge is 0.461 e. The van der Waals surface area contributed by atoms with Crippen LogP contribution in [0.2, 0.25) is 0 Å². The maximum atomic E-state index is 13.2. The van der Waals surface area contributed by atoms with Gasteiger partial charge in [0.15, 0.2) is 5.82 Å². The third-order valence-corrected chi connectivity index (χ3v) is 2.09. The molecule has 100 valence electrons. The van der Waals surface area contributed by atoms with E-state index >= 15 is 0 Å². The first-order chi connectivity index (χ1) is 8.94. The molecule has 0 aliphatic carbocycles. The van der Waals surface area contributed by atoms with Crippen LogP contribution in [0.25, 0.3) is 11.4 Å². The second kappa shape index (κ2) is 5.13. The maximum absolute atomic E-state index is 13.2. The Hall–Kier alpha value is -2.31. The maximum Gasteiger partial charge on any atom is 0.322 e. The Balaban J connectivity index is 2.46. The summed E-state index contributed by atoms with van der Waals surface area (Å²) in [5.74, 6) is -1.47. The van der Waals surface area contributed by atoms with Crippen LogP contribution in [0.1, 0.15) is 13.8 Å². The van der Waals surface area contributed by atoms with Gasteiger partial charge in [-0.1, -0.05) is 0 Å². The highest BCUT2D eigenvalue weighted by Gasteiger charge is 2.11. The summed E-state index contributed by atoms with van der Waals surface area (Å²) in [6.07, 6.45) is -0.154. The smallest absolute Gasteiger partial charge is 0.322 e. The number of rotatable bonds is 3. The second-order valence-corrected chi connectivity index (χ2v) is 4.12. The Bertz CT molecular complexity index is 584. The summed E-state index contributed by atoms with van der Waals surface area (Å²) in [5.41, 5.74) is 5.69. The highest BCUT2D eigenvalue weighted by Crippen LogP contribution is 2.20. The molecule has 19 heavy (non-hydrogen) atoms. The zero-order valence-corrected chi connectivity index (χ0v) is 10.4. The molecule has 0 saturated carbocycles. The number of halogens is 2. The Labute approximate surface area is 108 Å². The molecular formula is C12H12F2N4O. The second-order valence-electron chi connectivity index (χ2n) is 4.12. The van der Waals surface area contributed by atoms with Gasteiger partial charge in [-0.05, 0) is 26.0 Å². The minimum absolute atomic E-state index is 0.0159. The van der Waals surface area contributed by atoms with Gasteiger partial charge < -0.3 is 10.5 Å². The Morgan fingerprint density at radius 3 is 2.26 bits per heavy atom. The summed E-state index contributed by atoms with van der Waals surface area (Å²) in [6, 6.07) is 3.00. The van der Waals surface area contributed by atoms with Gasteiger partial charge in [-0.25, -0.2) is 8.78 Å². The molecule has 0 saturated heterocycles. The molecule has 0 atom stereocenters. The molecule has 1 heterocycles. The SMILES string of the molecule is CC(C)Oc1nc(N)nc(-c2cc(F)cc(F)c2)n1. The lowest BCUT2D eigenvalue weighted by atomic mass is 10.2. The van der Waals surface area contributed by atoms with Crippen molar-refractivity contribution in [2.75, 3.05) is 5.73 Å². The van der Waals surface area contributed by atoms with Gasteiger partial charge in [0.1, 0.15) is 11.6 Å². The number of anilines is 1. The van der Waals surface area contributed by atoms with E-state index in [0.29, 0.717) is 0 Å². The van der Waals surface area contributed by atoms with Crippen molar-refractivity contribution in [2.24, 2.45) is 0 Å². The van der Waals surface area contributed by atoms with Gasteiger partial charge in [-0.3, -0.25) is 0 Å². The van der Waals surface area contributed by atoms with Crippen LogP contribution in [0.15, 0.2) is 18.2 Å². The van der Waals surface area contributed by atoms with Crippen molar-refractivity contribution in [1.29, 1.82) is 0 Å². The normalized spacial score (nSPS) is 10.8. The molecule has 0 bridgehead atoms. The van der Waals surface area contributed by atoms with Crippen molar-refractivity contribution in [3.63, 3.8) is 0 Å². The number of nitrogen functional groups attached to an aromatic ring is 1. The van der Waals surface area contributed by atoms with E-state index in [4.69, 9.17) is 10.5 Å². The Kier molecular flexibility index (Phi) is 3.55. The molecule has 0 aliphatic heterocycles. The fourth-order valence-corrected chi connectivity index (χ4v) is 1.45. The molecule has 0 unspecified atom stereocenters. The minimum Gasteiger partial charge on any atom is -0.461 e. The number of hydrogen-bond donors (Lipinski definition) is 1. The van der Waals surface area contributed by atoms with Gasteiger partial charge in [0.2, 0.25) is 5.95 Å². The summed E-state index contributed by atoms with van der Waals surface area (Å²) >= 11 is 0. The first-order valence-electron chi connectivity index (χ1n) is 5.58. The third kappa shape index (κ3) is 3.34.